The number of aryl methyl sites for hydroxylation is 3. The van der Waals surface area contributed by atoms with E-state index in [1.54, 1.807) is 0 Å². The van der Waals surface area contributed by atoms with E-state index in [2.05, 4.69) is 65.8 Å². The van der Waals surface area contributed by atoms with E-state index >= 15 is 0 Å². The van der Waals surface area contributed by atoms with Crippen LogP contribution in [0.1, 0.15) is 72.4 Å². The Kier molecular flexibility index (Phi) is 6.60. The number of anilines is 1. The molecule has 1 aromatic heterocycles. The van der Waals surface area contributed by atoms with Crippen LogP contribution in [0.15, 0.2) is 53.5 Å². The highest BCUT2D eigenvalue weighted by Gasteiger charge is 2.26. The Labute approximate surface area is 184 Å². The number of fused-ring (bicyclic) bond motifs is 1. The van der Waals surface area contributed by atoms with Gasteiger partial charge in [-0.1, -0.05) is 51.0 Å². The molecular formula is C26H30N4O. The first-order valence-electron chi connectivity index (χ1n) is 11.3. The van der Waals surface area contributed by atoms with Gasteiger partial charge in [0.1, 0.15) is 0 Å². The topological polar surface area (TPSA) is 70.1 Å². The van der Waals surface area contributed by atoms with Gasteiger partial charge in [-0.25, -0.2) is 0 Å². The summed E-state index contributed by atoms with van der Waals surface area (Å²) in [7, 11) is 0. The average Bonchev–Trinajstić information content (AvgIpc) is 3.22. The first-order chi connectivity index (χ1) is 15.2. The molecule has 4 rings (SSSR count). The second-order valence-corrected chi connectivity index (χ2v) is 8.16. The van der Waals surface area contributed by atoms with Gasteiger partial charge in [-0.15, -0.1) is 0 Å². The Bertz CT molecular complexity index is 1060. The molecule has 1 aliphatic carbocycles. The number of nitrogens with zero attached hydrogens (tertiary/aromatic N) is 2. The average molecular weight is 415 g/mol. The number of aliphatic imine (C=N–C) groups is 1. The van der Waals surface area contributed by atoms with Crippen LogP contribution in [-0.4, -0.2) is 21.8 Å². The summed E-state index contributed by atoms with van der Waals surface area (Å²) in [6.45, 7) is 4.35. The van der Waals surface area contributed by atoms with Crippen LogP contribution in [0, 0.1) is 0 Å². The maximum Gasteiger partial charge on any atom is 0.276 e. The minimum atomic E-state index is -0.200. The molecule has 1 heterocycles. The van der Waals surface area contributed by atoms with Crippen molar-refractivity contribution in [1.82, 2.24) is 10.2 Å². The molecule has 2 N–H and O–H groups in total. The molecule has 0 aliphatic heterocycles. The Morgan fingerprint density at radius 2 is 1.61 bits per heavy atom. The second-order valence-electron chi connectivity index (χ2n) is 8.16. The van der Waals surface area contributed by atoms with E-state index in [0.717, 1.165) is 73.3 Å². The van der Waals surface area contributed by atoms with E-state index in [1.165, 1.54) is 11.1 Å². The number of benzene rings is 2. The zero-order valence-electron chi connectivity index (χ0n) is 18.4. The monoisotopic (exact) mass is 414 g/mol. The standard InChI is InChI=1S/C26H30N4O/c1-3-6-18-10-14-20(15-11-18)27-22-8-5-9-23-24(22)25(30-29-23)26(31)28-21-16-12-19(7-4-2)13-17-21/h10-17H,3-9H2,1-2H3,(H,28,31)(H,29,30). The molecule has 0 saturated carbocycles. The van der Waals surface area contributed by atoms with Crippen molar-refractivity contribution in [2.45, 2.75) is 58.8 Å². The molecule has 31 heavy (non-hydrogen) atoms. The third-order valence-corrected chi connectivity index (χ3v) is 5.67. The smallest absolute Gasteiger partial charge is 0.276 e. The van der Waals surface area contributed by atoms with Crippen LogP contribution in [0.2, 0.25) is 0 Å². The number of aromatic nitrogens is 2. The number of carbonyl (C=O) groups is 1. The van der Waals surface area contributed by atoms with Crippen molar-refractivity contribution in [3.05, 3.63) is 76.6 Å². The molecule has 0 fully saturated rings. The number of aromatic amines is 1. The van der Waals surface area contributed by atoms with Gasteiger partial charge in [0.05, 0.1) is 17.0 Å². The SMILES string of the molecule is CCCc1ccc(N=C2CCCc3[nH]nc(C(=O)Nc4ccc(CCC)cc4)c32)cc1. The highest BCUT2D eigenvalue weighted by Crippen LogP contribution is 2.27. The fourth-order valence-corrected chi connectivity index (χ4v) is 4.12. The van der Waals surface area contributed by atoms with Gasteiger partial charge in [0, 0.05) is 11.4 Å². The minimum absolute atomic E-state index is 0.200. The molecule has 1 aliphatic rings. The van der Waals surface area contributed by atoms with Crippen LogP contribution >= 0.6 is 0 Å². The summed E-state index contributed by atoms with van der Waals surface area (Å²) in [6, 6.07) is 16.4. The first-order valence-corrected chi connectivity index (χ1v) is 11.3. The number of amides is 1. The normalized spacial score (nSPS) is 14.5. The van der Waals surface area contributed by atoms with Gasteiger partial charge in [-0.2, -0.15) is 5.10 Å². The second kappa shape index (κ2) is 9.73. The molecule has 3 aromatic rings. The number of nitrogens with one attached hydrogen (secondary N) is 2. The third kappa shape index (κ3) is 4.93. The summed E-state index contributed by atoms with van der Waals surface area (Å²) in [6.07, 6.45) is 7.08. The molecule has 0 radical (unpaired) electrons. The summed E-state index contributed by atoms with van der Waals surface area (Å²) in [5.74, 6) is -0.200. The first kappa shape index (κ1) is 21.0. The molecule has 160 valence electrons. The summed E-state index contributed by atoms with van der Waals surface area (Å²) < 4.78 is 0. The van der Waals surface area contributed by atoms with Crippen LogP contribution in [0.25, 0.3) is 0 Å². The van der Waals surface area contributed by atoms with E-state index < -0.39 is 0 Å². The lowest BCUT2D eigenvalue weighted by atomic mass is 9.93. The van der Waals surface area contributed by atoms with Crippen LogP contribution in [0.5, 0.6) is 0 Å². The fourth-order valence-electron chi connectivity index (χ4n) is 4.12. The predicted octanol–water partition coefficient (Wildman–Crippen LogP) is 6.02. The Morgan fingerprint density at radius 1 is 0.968 bits per heavy atom. The van der Waals surface area contributed by atoms with Crippen molar-refractivity contribution in [3.8, 4) is 0 Å². The number of rotatable bonds is 7. The van der Waals surface area contributed by atoms with Gasteiger partial charge >= 0.3 is 0 Å². The van der Waals surface area contributed by atoms with Crippen molar-refractivity contribution < 1.29 is 4.79 Å². The molecule has 0 atom stereocenters. The number of H-pyrrole nitrogens is 1. The molecule has 2 aromatic carbocycles. The van der Waals surface area contributed by atoms with Crippen molar-refractivity contribution in [2.75, 3.05) is 5.32 Å². The molecular weight excluding hydrogens is 384 g/mol. The molecule has 1 amide bonds. The zero-order chi connectivity index (χ0) is 21.6. The van der Waals surface area contributed by atoms with Crippen molar-refractivity contribution in [2.24, 2.45) is 4.99 Å². The summed E-state index contributed by atoms with van der Waals surface area (Å²) in [4.78, 5) is 17.9. The maximum atomic E-state index is 13.0. The van der Waals surface area contributed by atoms with E-state index in [9.17, 15) is 4.79 Å². The van der Waals surface area contributed by atoms with Crippen LogP contribution in [0.3, 0.4) is 0 Å². The van der Waals surface area contributed by atoms with Crippen molar-refractivity contribution >= 4 is 23.0 Å². The molecule has 5 heteroatoms. The van der Waals surface area contributed by atoms with Gasteiger partial charge < -0.3 is 5.32 Å². The third-order valence-electron chi connectivity index (χ3n) is 5.67. The van der Waals surface area contributed by atoms with E-state index in [1.807, 2.05) is 12.1 Å². The lowest BCUT2D eigenvalue weighted by Gasteiger charge is -2.15. The lowest BCUT2D eigenvalue weighted by molar-refractivity contribution is 0.102. The van der Waals surface area contributed by atoms with Crippen LogP contribution in [0.4, 0.5) is 11.4 Å². The molecule has 0 bridgehead atoms. The number of hydrogen-bond donors (Lipinski definition) is 2. The summed E-state index contributed by atoms with van der Waals surface area (Å²) in [5.41, 5.74) is 7.51. The van der Waals surface area contributed by atoms with E-state index in [4.69, 9.17) is 4.99 Å². The van der Waals surface area contributed by atoms with Crippen LogP contribution < -0.4 is 5.32 Å². The molecule has 5 nitrogen and oxygen atoms in total. The van der Waals surface area contributed by atoms with E-state index in [-0.39, 0.29) is 5.91 Å². The van der Waals surface area contributed by atoms with Crippen LogP contribution in [-0.2, 0) is 19.3 Å². The Hall–Kier alpha value is -3.21. The largest absolute Gasteiger partial charge is 0.321 e. The molecule has 0 unspecified atom stereocenters. The van der Waals surface area contributed by atoms with Gasteiger partial charge in [0.25, 0.3) is 5.91 Å². The van der Waals surface area contributed by atoms with Crippen molar-refractivity contribution in [3.63, 3.8) is 0 Å². The van der Waals surface area contributed by atoms with Gasteiger partial charge in [-0.3, -0.25) is 14.9 Å². The fraction of sp³-hybridized carbons (Fsp3) is 0.346. The highest BCUT2D eigenvalue weighted by atomic mass is 16.1. The highest BCUT2D eigenvalue weighted by molar-refractivity contribution is 6.14. The Morgan fingerprint density at radius 3 is 2.26 bits per heavy atom. The summed E-state index contributed by atoms with van der Waals surface area (Å²) >= 11 is 0. The minimum Gasteiger partial charge on any atom is -0.321 e. The van der Waals surface area contributed by atoms with Gasteiger partial charge in [-0.05, 0) is 67.5 Å². The lowest BCUT2D eigenvalue weighted by Crippen LogP contribution is -2.19. The number of hydrogen-bond acceptors (Lipinski definition) is 3. The summed E-state index contributed by atoms with van der Waals surface area (Å²) in [5, 5.41) is 10.4. The van der Waals surface area contributed by atoms with Gasteiger partial charge in [0.15, 0.2) is 5.69 Å². The Balaban J connectivity index is 1.57. The number of carbonyl (C=O) groups excluding carboxylic acids is 1. The zero-order valence-corrected chi connectivity index (χ0v) is 18.4. The predicted molar refractivity (Wildman–Crippen MR) is 127 cm³/mol. The quantitative estimate of drug-likeness (QED) is 0.496. The molecule has 0 spiro atoms. The molecule has 0 saturated heterocycles. The maximum absolute atomic E-state index is 13.0. The van der Waals surface area contributed by atoms with E-state index in [0.29, 0.717) is 5.69 Å². The van der Waals surface area contributed by atoms with Crippen molar-refractivity contribution in [1.29, 1.82) is 0 Å². The van der Waals surface area contributed by atoms with Gasteiger partial charge in [0.2, 0.25) is 0 Å².